The van der Waals surface area contributed by atoms with Crippen molar-refractivity contribution in [3.63, 3.8) is 0 Å². The molecule has 2 fully saturated rings. The summed E-state index contributed by atoms with van der Waals surface area (Å²) >= 11 is 0. The normalized spacial score (nSPS) is 24.4. The summed E-state index contributed by atoms with van der Waals surface area (Å²) in [7, 11) is 0. The molecule has 2 aliphatic rings. The lowest BCUT2D eigenvalue weighted by atomic mass is 10.0. The van der Waals surface area contributed by atoms with Crippen molar-refractivity contribution in [1.82, 2.24) is 10.2 Å². The molecule has 3 rings (SSSR count). The molecule has 1 aromatic rings. The van der Waals surface area contributed by atoms with Crippen LogP contribution in [0.2, 0.25) is 0 Å². The molecule has 1 saturated heterocycles. The van der Waals surface area contributed by atoms with Crippen molar-refractivity contribution in [1.29, 1.82) is 0 Å². The molecule has 19 heavy (non-hydrogen) atoms. The number of benzene rings is 1. The number of amides is 1. The van der Waals surface area contributed by atoms with E-state index >= 15 is 0 Å². The lowest BCUT2D eigenvalue weighted by molar-refractivity contribution is -0.130. The van der Waals surface area contributed by atoms with Gasteiger partial charge in [0.2, 0.25) is 5.91 Å². The molecule has 1 atom stereocenters. The summed E-state index contributed by atoms with van der Waals surface area (Å²) in [6.07, 6.45) is 4.92. The maximum atomic E-state index is 12.2. The van der Waals surface area contributed by atoms with E-state index in [0.29, 0.717) is 12.6 Å². The van der Waals surface area contributed by atoms with E-state index in [1.165, 1.54) is 29.5 Å². The molecule has 1 amide bonds. The second-order valence-corrected chi connectivity index (χ2v) is 5.88. The van der Waals surface area contributed by atoms with Crippen LogP contribution in [-0.2, 0) is 4.79 Å². The zero-order valence-corrected chi connectivity index (χ0v) is 11.8. The number of hydrogen-bond acceptors (Lipinski definition) is 2. The Hall–Kier alpha value is -1.35. The van der Waals surface area contributed by atoms with Gasteiger partial charge in [0.05, 0.1) is 6.54 Å². The molecular weight excluding hydrogens is 236 g/mol. The van der Waals surface area contributed by atoms with E-state index < -0.39 is 0 Å². The maximum absolute atomic E-state index is 12.2. The smallest absolute Gasteiger partial charge is 0.238 e. The predicted octanol–water partition coefficient (Wildman–Crippen LogP) is 2.68. The minimum Gasteiger partial charge on any atom is -0.319 e. The Balaban J connectivity index is 1.91. The number of hydrogen-bond donors (Lipinski definition) is 1. The molecule has 0 spiro atoms. The van der Waals surface area contributed by atoms with E-state index in [1.807, 2.05) is 0 Å². The molecular formula is C16H22N2O. The third-order valence-electron chi connectivity index (χ3n) is 4.45. The molecule has 1 aliphatic carbocycles. The molecule has 1 unspecified atom stereocenters. The summed E-state index contributed by atoms with van der Waals surface area (Å²) in [5, 5.41) is 3.39. The molecule has 1 aliphatic heterocycles. The molecule has 1 heterocycles. The highest BCUT2D eigenvalue weighted by molar-refractivity contribution is 5.81. The molecule has 0 aromatic heterocycles. The quantitative estimate of drug-likeness (QED) is 0.884. The first kappa shape index (κ1) is 12.7. The van der Waals surface area contributed by atoms with E-state index in [-0.39, 0.29) is 12.1 Å². The predicted molar refractivity (Wildman–Crippen MR) is 75.8 cm³/mol. The Morgan fingerprint density at radius 1 is 1.21 bits per heavy atom. The average Bonchev–Trinajstić information content (AvgIpc) is 2.98. The van der Waals surface area contributed by atoms with Crippen LogP contribution < -0.4 is 5.32 Å². The first-order valence-corrected chi connectivity index (χ1v) is 7.28. The molecule has 1 N–H and O–H groups in total. The number of nitrogens with one attached hydrogen (secondary N) is 1. The number of aryl methyl sites for hydroxylation is 2. The van der Waals surface area contributed by atoms with Gasteiger partial charge < -0.3 is 4.90 Å². The molecule has 0 bridgehead atoms. The summed E-state index contributed by atoms with van der Waals surface area (Å²) in [4.78, 5) is 14.3. The molecule has 3 nitrogen and oxygen atoms in total. The van der Waals surface area contributed by atoms with Gasteiger partial charge in [-0.1, -0.05) is 36.6 Å². The van der Waals surface area contributed by atoms with E-state index in [2.05, 4.69) is 42.3 Å². The third-order valence-corrected chi connectivity index (χ3v) is 4.45. The summed E-state index contributed by atoms with van der Waals surface area (Å²) in [5.41, 5.74) is 3.80. The lowest BCUT2D eigenvalue weighted by Crippen LogP contribution is -2.38. The summed E-state index contributed by atoms with van der Waals surface area (Å²) < 4.78 is 0. The Kier molecular flexibility index (Phi) is 3.31. The van der Waals surface area contributed by atoms with Crippen LogP contribution >= 0.6 is 0 Å². The standard InChI is InChI=1S/C16H22N2O/c1-11-7-8-14(12(2)9-11)16-17-10-15(19)18(16)13-5-3-4-6-13/h7-9,13,16-17H,3-6,10H2,1-2H3. The van der Waals surface area contributed by atoms with Crippen molar-refractivity contribution in [3.8, 4) is 0 Å². The van der Waals surface area contributed by atoms with E-state index in [9.17, 15) is 4.79 Å². The van der Waals surface area contributed by atoms with Gasteiger partial charge in [-0.3, -0.25) is 10.1 Å². The molecule has 1 aromatic carbocycles. The zero-order valence-electron chi connectivity index (χ0n) is 11.8. The van der Waals surface area contributed by atoms with E-state index in [1.54, 1.807) is 0 Å². The first-order chi connectivity index (χ1) is 9.16. The van der Waals surface area contributed by atoms with Crippen LogP contribution in [0.5, 0.6) is 0 Å². The summed E-state index contributed by atoms with van der Waals surface area (Å²) in [6.45, 7) is 4.73. The van der Waals surface area contributed by atoms with Crippen LogP contribution in [0.3, 0.4) is 0 Å². The Morgan fingerprint density at radius 2 is 1.95 bits per heavy atom. The highest BCUT2D eigenvalue weighted by Gasteiger charge is 2.38. The van der Waals surface area contributed by atoms with Crippen LogP contribution in [0.1, 0.15) is 48.5 Å². The number of nitrogens with zero attached hydrogens (tertiary/aromatic N) is 1. The minimum atomic E-state index is 0.0798. The van der Waals surface area contributed by atoms with E-state index in [0.717, 1.165) is 12.8 Å². The molecule has 0 radical (unpaired) electrons. The Morgan fingerprint density at radius 3 is 2.63 bits per heavy atom. The van der Waals surface area contributed by atoms with Crippen molar-refractivity contribution in [2.24, 2.45) is 0 Å². The zero-order chi connectivity index (χ0) is 13.4. The van der Waals surface area contributed by atoms with Crippen molar-refractivity contribution in [2.45, 2.75) is 51.7 Å². The van der Waals surface area contributed by atoms with Gasteiger partial charge in [0.1, 0.15) is 6.17 Å². The SMILES string of the molecule is Cc1ccc(C2NCC(=O)N2C2CCCC2)c(C)c1. The summed E-state index contributed by atoms with van der Waals surface area (Å²) in [6, 6.07) is 6.95. The fourth-order valence-corrected chi connectivity index (χ4v) is 3.51. The molecule has 102 valence electrons. The van der Waals surface area contributed by atoms with Crippen molar-refractivity contribution < 1.29 is 4.79 Å². The highest BCUT2D eigenvalue weighted by Crippen LogP contribution is 2.33. The Labute approximate surface area is 115 Å². The number of carbonyl (C=O) groups excluding carboxylic acids is 1. The van der Waals surface area contributed by atoms with E-state index in [4.69, 9.17) is 0 Å². The van der Waals surface area contributed by atoms with Gasteiger partial charge in [0, 0.05) is 6.04 Å². The van der Waals surface area contributed by atoms with Crippen LogP contribution in [0, 0.1) is 13.8 Å². The van der Waals surface area contributed by atoms with Gasteiger partial charge in [0.15, 0.2) is 0 Å². The third kappa shape index (κ3) is 2.27. The minimum absolute atomic E-state index is 0.0798. The Bertz CT molecular complexity index is 492. The van der Waals surface area contributed by atoms with Gasteiger partial charge in [-0.25, -0.2) is 0 Å². The largest absolute Gasteiger partial charge is 0.319 e. The fraction of sp³-hybridized carbons (Fsp3) is 0.562. The number of rotatable bonds is 2. The van der Waals surface area contributed by atoms with Gasteiger partial charge >= 0.3 is 0 Å². The highest BCUT2D eigenvalue weighted by atomic mass is 16.2. The van der Waals surface area contributed by atoms with Crippen molar-refractivity contribution >= 4 is 5.91 Å². The van der Waals surface area contributed by atoms with Crippen molar-refractivity contribution in [3.05, 3.63) is 34.9 Å². The average molecular weight is 258 g/mol. The lowest BCUT2D eigenvalue weighted by Gasteiger charge is -2.31. The maximum Gasteiger partial charge on any atom is 0.238 e. The second-order valence-electron chi connectivity index (χ2n) is 5.88. The van der Waals surface area contributed by atoms with Crippen LogP contribution in [0.25, 0.3) is 0 Å². The molecule has 1 saturated carbocycles. The van der Waals surface area contributed by atoms with Crippen LogP contribution in [0.4, 0.5) is 0 Å². The topological polar surface area (TPSA) is 32.3 Å². The monoisotopic (exact) mass is 258 g/mol. The van der Waals surface area contributed by atoms with Gasteiger partial charge in [0.25, 0.3) is 0 Å². The fourth-order valence-electron chi connectivity index (χ4n) is 3.51. The van der Waals surface area contributed by atoms with Gasteiger partial charge in [-0.2, -0.15) is 0 Å². The first-order valence-electron chi connectivity index (χ1n) is 7.28. The van der Waals surface area contributed by atoms with Gasteiger partial charge in [-0.05, 0) is 37.8 Å². The van der Waals surface area contributed by atoms with Crippen LogP contribution in [-0.4, -0.2) is 23.4 Å². The van der Waals surface area contributed by atoms with Crippen molar-refractivity contribution in [2.75, 3.05) is 6.54 Å². The second kappa shape index (κ2) is 4.97. The molecule has 3 heteroatoms. The van der Waals surface area contributed by atoms with Crippen LogP contribution in [0.15, 0.2) is 18.2 Å². The van der Waals surface area contributed by atoms with Gasteiger partial charge in [-0.15, -0.1) is 0 Å². The number of carbonyl (C=O) groups is 1. The summed E-state index contributed by atoms with van der Waals surface area (Å²) in [5.74, 6) is 0.261.